The second kappa shape index (κ2) is 6.23. The van der Waals surface area contributed by atoms with Gasteiger partial charge >= 0.3 is 0 Å². The van der Waals surface area contributed by atoms with Crippen LogP contribution in [0.2, 0.25) is 0 Å². The van der Waals surface area contributed by atoms with Crippen LogP contribution in [-0.2, 0) is 0 Å². The molecule has 1 fully saturated rings. The summed E-state index contributed by atoms with van der Waals surface area (Å²) in [4.78, 5) is 0.410. The van der Waals surface area contributed by atoms with Gasteiger partial charge in [0.2, 0.25) is 0 Å². The predicted octanol–water partition coefficient (Wildman–Crippen LogP) is 4.29. The van der Waals surface area contributed by atoms with E-state index in [1.54, 1.807) is 0 Å². The van der Waals surface area contributed by atoms with Crippen molar-refractivity contribution in [2.45, 2.75) is 39.2 Å². The van der Waals surface area contributed by atoms with E-state index in [0.29, 0.717) is 11.1 Å². The van der Waals surface area contributed by atoms with Crippen molar-refractivity contribution in [1.29, 1.82) is 0 Å². The topological polar surface area (TPSA) is 35.2 Å². The fourth-order valence-electron chi connectivity index (χ4n) is 2.53. The van der Waals surface area contributed by atoms with Crippen LogP contribution in [0, 0.1) is 11.8 Å². The fourth-order valence-corrected chi connectivity index (χ4v) is 3.13. The first-order valence-corrected chi connectivity index (χ1v) is 7.93. The number of thiocarbonyl (C=S) groups is 1. The zero-order chi connectivity index (χ0) is 14.0. The van der Waals surface area contributed by atoms with E-state index in [9.17, 15) is 0 Å². The van der Waals surface area contributed by atoms with Crippen LogP contribution in [0.25, 0.3) is 0 Å². The van der Waals surface area contributed by atoms with Crippen molar-refractivity contribution in [2.75, 3.05) is 0 Å². The van der Waals surface area contributed by atoms with E-state index in [0.717, 1.165) is 40.5 Å². The molecule has 19 heavy (non-hydrogen) atoms. The largest absolute Gasteiger partial charge is 0.489 e. The third kappa shape index (κ3) is 3.69. The Kier molecular flexibility index (Phi) is 4.85. The molecule has 0 amide bonds. The molecule has 2 rings (SSSR count). The van der Waals surface area contributed by atoms with Gasteiger partial charge in [-0.25, -0.2) is 0 Å². The third-order valence-electron chi connectivity index (χ3n) is 4.06. The Morgan fingerprint density at radius 2 is 2.05 bits per heavy atom. The van der Waals surface area contributed by atoms with Gasteiger partial charge in [-0.3, -0.25) is 0 Å². The molecule has 1 saturated carbocycles. The summed E-state index contributed by atoms with van der Waals surface area (Å²) in [5.41, 5.74) is 6.48. The summed E-state index contributed by atoms with van der Waals surface area (Å²) < 4.78 is 7.03. The molecule has 0 aliphatic heterocycles. The van der Waals surface area contributed by atoms with E-state index in [2.05, 4.69) is 29.8 Å². The standard InChI is InChI=1S/C15H20BrNOS/c1-9-3-5-12(7-10(9)2)18-14-6-4-11(15(17)19)8-13(14)16/h4,6,8-10,12H,3,5,7H2,1-2H3,(H2,17,19). The number of hydrogen-bond donors (Lipinski definition) is 1. The van der Waals surface area contributed by atoms with Crippen LogP contribution < -0.4 is 10.5 Å². The first kappa shape index (κ1) is 14.8. The van der Waals surface area contributed by atoms with E-state index >= 15 is 0 Å². The van der Waals surface area contributed by atoms with Crippen molar-refractivity contribution in [2.24, 2.45) is 17.6 Å². The average molecular weight is 342 g/mol. The lowest BCUT2D eigenvalue weighted by Gasteiger charge is -2.32. The minimum Gasteiger partial charge on any atom is -0.489 e. The molecule has 104 valence electrons. The van der Waals surface area contributed by atoms with Crippen molar-refractivity contribution >= 4 is 33.1 Å². The number of rotatable bonds is 3. The van der Waals surface area contributed by atoms with E-state index < -0.39 is 0 Å². The summed E-state index contributed by atoms with van der Waals surface area (Å²) in [5.74, 6) is 2.42. The van der Waals surface area contributed by atoms with E-state index in [-0.39, 0.29) is 0 Å². The van der Waals surface area contributed by atoms with Gasteiger partial charge in [-0.2, -0.15) is 0 Å². The zero-order valence-electron chi connectivity index (χ0n) is 11.4. The lowest BCUT2D eigenvalue weighted by Crippen LogP contribution is -2.28. The third-order valence-corrected chi connectivity index (χ3v) is 4.92. The number of halogens is 1. The van der Waals surface area contributed by atoms with Gasteiger partial charge in [0, 0.05) is 5.56 Å². The Morgan fingerprint density at radius 3 is 2.63 bits per heavy atom. The molecule has 0 heterocycles. The highest BCUT2D eigenvalue weighted by atomic mass is 79.9. The molecular weight excluding hydrogens is 322 g/mol. The Bertz CT molecular complexity index is 477. The summed E-state index contributed by atoms with van der Waals surface area (Å²) in [6.07, 6.45) is 3.83. The average Bonchev–Trinajstić information content (AvgIpc) is 2.36. The van der Waals surface area contributed by atoms with E-state index in [1.165, 1.54) is 6.42 Å². The molecule has 3 unspecified atom stereocenters. The maximum Gasteiger partial charge on any atom is 0.133 e. The van der Waals surface area contributed by atoms with Crippen LogP contribution >= 0.6 is 28.1 Å². The first-order chi connectivity index (χ1) is 8.97. The monoisotopic (exact) mass is 341 g/mol. The highest BCUT2D eigenvalue weighted by Gasteiger charge is 2.26. The molecule has 0 saturated heterocycles. The second-order valence-corrected chi connectivity index (χ2v) is 6.81. The van der Waals surface area contributed by atoms with Crippen LogP contribution in [0.15, 0.2) is 22.7 Å². The maximum atomic E-state index is 6.11. The molecule has 3 atom stereocenters. The number of nitrogens with two attached hydrogens (primary N) is 1. The van der Waals surface area contributed by atoms with Crippen LogP contribution in [0.5, 0.6) is 5.75 Å². The maximum absolute atomic E-state index is 6.11. The predicted molar refractivity (Wildman–Crippen MR) is 86.6 cm³/mol. The van der Waals surface area contributed by atoms with E-state index in [1.807, 2.05) is 18.2 Å². The molecule has 0 spiro atoms. The van der Waals surface area contributed by atoms with Crippen molar-refractivity contribution in [3.63, 3.8) is 0 Å². The van der Waals surface area contributed by atoms with Gasteiger partial charge in [0.05, 0.1) is 10.6 Å². The molecule has 4 heteroatoms. The molecule has 0 aromatic heterocycles. The Hall–Kier alpha value is -0.610. The summed E-state index contributed by atoms with van der Waals surface area (Å²) in [6, 6.07) is 5.78. The van der Waals surface area contributed by atoms with Gasteiger partial charge in [0.1, 0.15) is 10.7 Å². The smallest absolute Gasteiger partial charge is 0.133 e. The SMILES string of the molecule is CC1CCC(Oc2ccc(C(N)=S)cc2Br)CC1C. The summed E-state index contributed by atoms with van der Waals surface area (Å²) in [5, 5.41) is 0. The summed E-state index contributed by atoms with van der Waals surface area (Å²) in [7, 11) is 0. The van der Waals surface area contributed by atoms with Crippen LogP contribution in [0.4, 0.5) is 0 Å². The molecular formula is C15H20BrNOS. The molecule has 1 aromatic rings. The Balaban J connectivity index is 2.05. The lowest BCUT2D eigenvalue weighted by atomic mass is 9.80. The van der Waals surface area contributed by atoms with Crippen LogP contribution in [-0.4, -0.2) is 11.1 Å². The van der Waals surface area contributed by atoms with Crippen LogP contribution in [0.1, 0.15) is 38.7 Å². The van der Waals surface area contributed by atoms with Crippen molar-refractivity contribution in [1.82, 2.24) is 0 Å². The molecule has 0 radical (unpaired) electrons. The van der Waals surface area contributed by atoms with Crippen molar-refractivity contribution < 1.29 is 4.74 Å². The number of benzene rings is 1. The molecule has 2 nitrogen and oxygen atoms in total. The summed E-state index contributed by atoms with van der Waals surface area (Å²) in [6.45, 7) is 4.64. The number of hydrogen-bond acceptors (Lipinski definition) is 2. The zero-order valence-corrected chi connectivity index (χ0v) is 13.8. The lowest BCUT2D eigenvalue weighted by molar-refractivity contribution is 0.0999. The highest BCUT2D eigenvalue weighted by Crippen LogP contribution is 2.34. The normalized spacial score (nSPS) is 27.0. The summed E-state index contributed by atoms with van der Waals surface area (Å²) >= 11 is 8.50. The van der Waals surface area contributed by atoms with Crippen molar-refractivity contribution in [3.8, 4) is 5.75 Å². The fraction of sp³-hybridized carbons (Fsp3) is 0.533. The molecule has 1 aromatic carbocycles. The van der Waals surface area contributed by atoms with Gasteiger partial charge in [0.25, 0.3) is 0 Å². The first-order valence-electron chi connectivity index (χ1n) is 6.73. The van der Waals surface area contributed by atoms with Gasteiger partial charge in [-0.15, -0.1) is 0 Å². The van der Waals surface area contributed by atoms with Crippen molar-refractivity contribution in [3.05, 3.63) is 28.2 Å². The quantitative estimate of drug-likeness (QED) is 0.833. The Morgan fingerprint density at radius 1 is 1.32 bits per heavy atom. The minimum atomic E-state index is 0.318. The minimum absolute atomic E-state index is 0.318. The van der Waals surface area contributed by atoms with Crippen LogP contribution in [0.3, 0.4) is 0 Å². The van der Waals surface area contributed by atoms with Gasteiger partial charge in [-0.05, 0) is 65.2 Å². The van der Waals surface area contributed by atoms with Gasteiger partial charge in [0.15, 0.2) is 0 Å². The number of ether oxygens (including phenoxy) is 1. The molecule has 0 bridgehead atoms. The van der Waals surface area contributed by atoms with Gasteiger partial charge in [-0.1, -0.05) is 26.1 Å². The molecule has 1 aliphatic carbocycles. The molecule has 2 N–H and O–H groups in total. The van der Waals surface area contributed by atoms with E-state index in [4.69, 9.17) is 22.7 Å². The Labute approximate surface area is 128 Å². The van der Waals surface area contributed by atoms with Gasteiger partial charge < -0.3 is 10.5 Å². The second-order valence-electron chi connectivity index (χ2n) is 5.52. The molecule has 1 aliphatic rings. The highest BCUT2D eigenvalue weighted by molar-refractivity contribution is 9.10.